The zero-order valence-corrected chi connectivity index (χ0v) is 12.3. The minimum Gasteiger partial charge on any atom is -0.385 e. The molecule has 0 saturated carbocycles. The molecule has 1 rings (SSSR count). The van der Waals surface area contributed by atoms with Crippen LogP contribution in [-0.4, -0.2) is 58.4 Å². The Morgan fingerprint density at radius 1 is 1.22 bits per heavy atom. The third kappa shape index (κ3) is 6.13. The highest BCUT2D eigenvalue weighted by atomic mass is 32.2. The van der Waals surface area contributed by atoms with Crippen molar-refractivity contribution in [3.8, 4) is 0 Å². The number of sulfonamides is 1. The van der Waals surface area contributed by atoms with Crippen LogP contribution in [0.25, 0.3) is 0 Å². The van der Waals surface area contributed by atoms with E-state index < -0.39 is 10.0 Å². The van der Waals surface area contributed by atoms with Crippen molar-refractivity contribution in [2.24, 2.45) is 0 Å². The predicted molar refractivity (Wildman–Crippen MR) is 73.2 cm³/mol. The summed E-state index contributed by atoms with van der Waals surface area (Å²) < 4.78 is 29.3. The lowest BCUT2D eigenvalue weighted by Crippen LogP contribution is -2.44. The van der Waals surface area contributed by atoms with E-state index in [0.717, 1.165) is 38.8 Å². The molecule has 0 spiro atoms. The second kappa shape index (κ2) is 8.09. The summed E-state index contributed by atoms with van der Waals surface area (Å²) in [6, 6.07) is 0.477. The lowest BCUT2D eigenvalue weighted by molar-refractivity contribution is 0.191. The van der Waals surface area contributed by atoms with Crippen LogP contribution in [0.5, 0.6) is 0 Å². The molecular formula is C12H26N2O3S. The van der Waals surface area contributed by atoms with Gasteiger partial charge in [-0.2, -0.15) is 0 Å². The first kappa shape index (κ1) is 15.9. The van der Waals surface area contributed by atoms with Gasteiger partial charge in [0.1, 0.15) is 0 Å². The molecule has 18 heavy (non-hydrogen) atoms. The van der Waals surface area contributed by atoms with E-state index in [4.69, 9.17) is 4.74 Å². The number of nitrogens with one attached hydrogen (secondary N) is 1. The standard InChI is InChI=1S/C12H26N2O3S/c1-17-11-5-3-4-8-13-12-6-9-14(10-7-12)18(2,15)16/h12-13H,3-11H2,1-2H3. The van der Waals surface area contributed by atoms with E-state index in [0.29, 0.717) is 19.1 Å². The van der Waals surface area contributed by atoms with Gasteiger partial charge in [-0.3, -0.25) is 0 Å². The lowest BCUT2D eigenvalue weighted by atomic mass is 10.1. The first-order chi connectivity index (χ1) is 8.54. The molecule has 1 saturated heterocycles. The van der Waals surface area contributed by atoms with E-state index >= 15 is 0 Å². The number of methoxy groups -OCH3 is 1. The molecule has 0 atom stereocenters. The molecule has 6 heteroatoms. The van der Waals surface area contributed by atoms with Crippen LogP contribution in [0.1, 0.15) is 32.1 Å². The quantitative estimate of drug-likeness (QED) is 0.668. The molecule has 1 aliphatic heterocycles. The van der Waals surface area contributed by atoms with Crippen molar-refractivity contribution in [3.05, 3.63) is 0 Å². The molecule has 0 radical (unpaired) electrons. The molecule has 1 N–H and O–H groups in total. The number of rotatable bonds is 8. The van der Waals surface area contributed by atoms with Gasteiger partial charge in [-0.25, -0.2) is 12.7 Å². The minimum absolute atomic E-state index is 0.477. The van der Waals surface area contributed by atoms with E-state index in [1.807, 2.05) is 0 Å². The predicted octanol–water partition coefficient (Wildman–Crippen LogP) is 0.817. The molecule has 108 valence electrons. The van der Waals surface area contributed by atoms with E-state index in [1.165, 1.54) is 12.7 Å². The second-order valence-electron chi connectivity index (χ2n) is 4.94. The van der Waals surface area contributed by atoms with Gasteiger partial charge in [0.15, 0.2) is 0 Å². The molecule has 1 aliphatic rings. The average molecular weight is 278 g/mol. The van der Waals surface area contributed by atoms with Gasteiger partial charge in [0.25, 0.3) is 0 Å². The van der Waals surface area contributed by atoms with Crippen LogP contribution in [0.15, 0.2) is 0 Å². The van der Waals surface area contributed by atoms with Gasteiger partial charge < -0.3 is 10.1 Å². The average Bonchev–Trinajstić information content (AvgIpc) is 2.33. The maximum atomic E-state index is 11.3. The van der Waals surface area contributed by atoms with Crippen LogP contribution in [0.3, 0.4) is 0 Å². The first-order valence-corrected chi connectivity index (χ1v) is 8.56. The Hall–Kier alpha value is -0.170. The third-order valence-corrected chi connectivity index (χ3v) is 4.68. The smallest absolute Gasteiger partial charge is 0.211 e. The van der Waals surface area contributed by atoms with Gasteiger partial charge in [0.05, 0.1) is 6.26 Å². The van der Waals surface area contributed by atoms with E-state index in [2.05, 4.69) is 5.32 Å². The Kier molecular flexibility index (Phi) is 7.14. The summed E-state index contributed by atoms with van der Waals surface area (Å²) in [7, 11) is -1.26. The summed E-state index contributed by atoms with van der Waals surface area (Å²) in [6.45, 7) is 3.17. The topological polar surface area (TPSA) is 58.6 Å². The molecule has 1 heterocycles. The molecule has 5 nitrogen and oxygen atoms in total. The molecule has 0 aromatic carbocycles. The minimum atomic E-state index is -2.99. The molecule has 1 fully saturated rings. The first-order valence-electron chi connectivity index (χ1n) is 6.71. The van der Waals surface area contributed by atoms with E-state index in [-0.39, 0.29) is 0 Å². The summed E-state index contributed by atoms with van der Waals surface area (Å²) in [4.78, 5) is 0. The Morgan fingerprint density at radius 2 is 1.89 bits per heavy atom. The number of hydrogen-bond donors (Lipinski definition) is 1. The van der Waals surface area contributed by atoms with Crippen LogP contribution >= 0.6 is 0 Å². The fraction of sp³-hybridized carbons (Fsp3) is 1.00. The largest absolute Gasteiger partial charge is 0.385 e. The summed E-state index contributed by atoms with van der Waals surface area (Å²) >= 11 is 0. The Balaban J connectivity index is 2.06. The highest BCUT2D eigenvalue weighted by Gasteiger charge is 2.24. The van der Waals surface area contributed by atoms with Crippen LogP contribution in [0.2, 0.25) is 0 Å². The van der Waals surface area contributed by atoms with Gasteiger partial charge in [-0.05, 0) is 38.6 Å². The Bertz CT molecular complexity index is 311. The van der Waals surface area contributed by atoms with Gasteiger partial charge in [0.2, 0.25) is 10.0 Å². The van der Waals surface area contributed by atoms with Gasteiger partial charge in [-0.1, -0.05) is 0 Å². The number of piperidine rings is 1. The third-order valence-electron chi connectivity index (χ3n) is 3.38. The number of ether oxygens (including phenoxy) is 1. The van der Waals surface area contributed by atoms with Gasteiger partial charge >= 0.3 is 0 Å². The van der Waals surface area contributed by atoms with Crippen molar-refractivity contribution in [1.29, 1.82) is 0 Å². The van der Waals surface area contributed by atoms with E-state index in [9.17, 15) is 8.42 Å². The summed E-state index contributed by atoms with van der Waals surface area (Å²) in [5.41, 5.74) is 0. The van der Waals surface area contributed by atoms with Crippen molar-refractivity contribution < 1.29 is 13.2 Å². The maximum absolute atomic E-state index is 11.3. The van der Waals surface area contributed by atoms with Crippen LogP contribution < -0.4 is 5.32 Å². The van der Waals surface area contributed by atoms with Crippen LogP contribution in [-0.2, 0) is 14.8 Å². The Labute approximate surface area is 111 Å². The summed E-state index contributed by atoms with van der Waals surface area (Å²) in [5, 5.41) is 3.51. The molecule has 0 aliphatic carbocycles. The normalized spacial score (nSPS) is 19.2. The molecule has 0 aromatic rings. The van der Waals surface area contributed by atoms with Crippen molar-refractivity contribution in [2.75, 3.05) is 39.6 Å². The molecular weight excluding hydrogens is 252 g/mol. The van der Waals surface area contributed by atoms with Gasteiger partial charge in [-0.15, -0.1) is 0 Å². The fourth-order valence-corrected chi connectivity index (χ4v) is 3.12. The summed E-state index contributed by atoms with van der Waals surface area (Å²) in [5.74, 6) is 0. The lowest BCUT2D eigenvalue weighted by Gasteiger charge is -2.30. The maximum Gasteiger partial charge on any atom is 0.211 e. The second-order valence-corrected chi connectivity index (χ2v) is 6.93. The zero-order valence-electron chi connectivity index (χ0n) is 11.5. The zero-order chi connectivity index (χ0) is 13.4. The monoisotopic (exact) mass is 278 g/mol. The Morgan fingerprint density at radius 3 is 2.44 bits per heavy atom. The van der Waals surface area contributed by atoms with Crippen molar-refractivity contribution >= 4 is 10.0 Å². The van der Waals surface area contributed by atoms with Crippen molar-refractivity contribution in [3.63, 3.8) is 0 Å². The molecule has 0 bridgehead atoms. The number of nitrogens with zero attached hydrogens (tertiary/aromatic N) is 1. The summed E-state index contributed by atoms with van der Waals surface area (Å²) in [6.07, 6.45) is 6.59. The molecule has 0 aromatic heterocycles. The SMILES string of the molecule is COCCCCCNC1CCN(S(C)(=O)=O)CC1. The number of unbranched alkanes of at least 4 members (excludes halogenated alkanes) is 2. The van der Waals surface area contributed by atoms with Gasteiger partial charge in [0, 0.05) is 32.8 Å². The molecule has 0 amide bonds. The highest BCUT2D eigenvalue weighted by Crippen LogP contribution is 2.13. The van der Waals surface area contributed by atoms with E-state index in [1.54, 1.807) is 11.4 Å². The number of hydrogen-bond acceptors (Lipinski definition) is 4. The van der Waals surface area contributed by atoms with Crippen LogP contribution in [0.4, 0.5) is 0 Å². The molecule has 0 unspecified atom stereocenters. The fourth-order valence-electron chi connectivity index (χ4n) is 2.25. The van der Waals surface area contributed by atoms with Crippen molar-refractivity contribution in [1.82, 2.24) is 9.62 Å². The van der Waals surface area contributed by atoms with Crippen LogP contribution in [0, 0.1) is 0 Å². The van der Waals surface area contributed by atoms with Crippen molar-refractivity contribution in [2.45, 2.75) is 38.1 Å². The highest BCUT2D eigenvalue weighted by molar-refractivity contribution is 7.88.